The first kappa shape index (κ1) is 15.9. The van der Waals surface area contributed by atoms with E-state index >= 15 is 0 Å². The second-order valence-corrected chi connectivity index (χ2v) is 4.06. The van der Waals surface area contributed by atoms with E-state index in [4.69, 9.17) is 19.3 Å². The molecule has 1 N–H and O–H groups in total. The van der Waals surface area contributed by atoms with E-state index in [9.17, 15) is 4.79 Å². The minimum atomic E-state index is -0.865. The van der Waals surface area contributed by atoms with Gasteiger partial charge in [0.15, 0.2) is 11.5 Å². The molecule has 0 bridgehead atoms. The summed E-state index contributed by atoms with van der Waals surface area (Å²) >= 11 is 0. The first-order chi connectivity index (χ1) is 9.58. The van der Waals surface area contributed by atoms with E-state index in [-0.39, 0.29) is 6.42 Å². The minimum absolute atomic E-state index is 0.0271. The Hall–Kier alpha value is -2.17. The van der Waals surface area contributed by atoms with Gasteiger partial charge in [-0.25, -0.2) is 0 Å². The Balaban J connectivity index is 3.35. The molecule has 0 unspecified atom stereocenters. The lowest BCUT2D eigenvalue weighted by Crippen LogP contribution is -1.99. The summed E-state index contributed by atoms with van der Waals surface area (Å²) < 4.78 is 16.0. The standard InChI is InChI=1S/C15H20O5/c1-5-10(6-9-13(16)17)11-7-8-12(18-2)15(20-4)14(11)19-3/h6-8H,5,9H2,1-4H3,(H,16,17)/b10-6+. The molecule has 0 aliphatic rings. The number of carbonyl (C=O) groups is 1. The van der Waals surface area contributed by atoms with Gasteiger partial charge in [-0.3, -0.25) is 4.79 Å². The molecule has 0 spiro atoms. The summed E-state index contributed by atoms with van der Waals surface area (Å²) in [6.45, 7) is 1.96. The third kappa shape index (κ3) is 3.44. The van der Waals surface area contributed by atoms with Crippen molar-refractivity contribution in [2.24, 2.45) is 0 Å². The number of carboxylic acids is 1. The molecule has 0 saturated carbocycles. The van der Waals surface area contributed by atoms with Gasteiger partial charge < -0.3 is 19.3 Å². The lowest BCUT2D eigenvalue weighted by molar-refractivity contribution is -0.135. The largest absolute Gasteiger partial charge is 0.493 e. The van der Waals surface area contributed by atoms with Crippen molar-refractivity contribution in [2.45, 2.75) is 19.8 Å². The summed E-state index contributed by atoms with van der Waals surface area (Å²) in [5.74, 6) is 0.754. The molecule has 1 aromatic carbocycles. The van der Waals surface area contributed by atoms with E-state index in [2.05, 4.69) is 0 Å². The maximum Gasteiger partial charge on any atom is 0.307 e. The highest BCUT2D eigenvalue weighted by atomic mass is 16.5. The van der Waals surface area contributed by atoms with E-state index in [0.717, 1.165) is 11.1 Å². The fraction of sp³-hybridized carbons (Fsp3) is 0.400. The van der Waals surface area contributed by atoms with E-state index in [1.807, 2.05) is 13.0 Å². The van der Waals surface area contributed by atoms with Crippen LogP contribution >= 0.6 is 0 Å². The van der Waals surface area contributed by atoms with Gasteiger partial charge >= 0.3 is 5.97 Å². The lowest BCUT2D eigenvalue weighted by atomic mass is 10.00. The van der Waals surface area contributed by atoms with Gasteiger partial charge in [-0.2, -0.15) is 0 Å². The predicted octanol–water partition coefficient (Wildman–Crippen LogP) is 2.98. The van der Waals surface area contributed by atoms with Crippen LogP contribution in [-0.4, -0.2) is 32.4 Å². The Morgan fingerprint density at radius 2 is 1.80 bits per heavy atom. The number of benzene rings is 1. The van der Waals surface area contributed by atoms with Crippen molar-refractivity contribution >= 4 is 11.5 Å². The number of ether oxygens (including phenoxy) is 3. The lowest BCUT2D eigenvalue weighted by Gasteiger charge is -2.17. The van der Waals surface area contributed by atoms with E-state index in [1.54, 1.807) is 26.4 Å². The molecular formula is C15H20O5. The Morgan fingerprint density at radius 3 is 2.25 bits per heavy atom. The fourth-order valence-electron chi connectivity index (χ4n) is 2.01. The van der Waals surface area contributed by atoms with Crippen LogP contribution in [0.25, 0.3) is 5.57 Å². The van der Waals surface area contributed by atoms with Crippen LogP contribution in [0.5, 0.6) is 17.2 Å². The topological polar surface area (TPSA) is 65.0 Å². The minimum Gasteiger partial charge on any atom is -0.493 e. The smallest absolute Gasteiger partial charge is 0.307 e. The average molecular weight is 280 g/mol. The molecule has 5 heteroatoms. The first-order valence-electron chi connectivity index (χ1n) is 6.29. The molecule has 0 radical (unpaired) electrons. The van der Waals surface area contributed by atoms with Gasteiger partial charge in [-0.1, -0.05) is 13.0 Å². The number of allylic oxidation sites excluding steroid dienone is 1. The Bertz CT molecular complexity index is 505. The van der Waals surface area contributed by atoms with Gasteiger partial charge in [0.1, 0.15) is 0 Å². The molecule has 0 aromatic heterocycles. The van der Waals surface area contributed by atoms with Crippen LogP contribution < -0.4 is 14.2 Å². The zero-order valence-corrected chi connectivity index (χ0v) is 12.2. The molecule has 0 atom stereocenters. The van der Waals surface area contributed by atoms with Gasteiger partial charge in [0.05, 0.1) is 27.8 Å². The Labute approximate surface area is 118 Å². The van der Waals surface area contributed by atoms with Gasteiger partial charge in [0.2, 0.25) is 5.75 Å². The normalized spacial score (nSPS) is 11.1. The Kier molecular flexibility index (Phi) is 5.90. The van der Waals surface area contributed by atoms with Crippen molar-refractivity contribution in [1.82, 2.24) is 0 Å². The van der Waals surface area contributed by atoms with E-state index < -0.39 is 5.97 Å². The van der Waals surface area contributed by atoms with Crippen molar-refractivity contribution in [3.05, 3.63) is 23.8 Å². The van der Waals surface area contributed by atoms with E-state index in [0.29, 0.717) is 23.7 Å². The quantitative estimate of drug-likeness (QED) is 0.831. The van der Waals surface area contributed by atoms with E-state index in [1.165, 1.54) is 7.11 Å². The van der Waals surface area contributed by atoms with Gasteiger partial charge in [-0.15, -0.1) is 0 Å². The zero-order valence-electron chi connectivity index (χ0n) is 12.2. The summed E-state index contributed by atoms with van der Waals surface area (Å²) in [5.41, 5.74) is 1.71. The summed E-state index contributed by atoms with van der Waals surface area (Å²) in [6.07, 6.45) is 2.35. The molecule has 0 fully saturated rings. The SMILES string of the molecule is CC/C(=C\CC(=O)O)c1ccc(OC)c(OC)c1OC. The van der Waals surface area contributed by atoms with Crippen LogP contribution in [0.15, 0.2) is 18.2 Å². The summed E-state index contributed by atoms with van der Waals surface area (Å²) in [6, 6.07) is 3.62. The molecule has 0 heterocycles. The fourth-order valence-corrected chi connectivity index (χ4v) is 2.01. The van der Waals surface area contributed by atoms with Crippen molar-refractivity contribution in [2.75, 3.05) is 21.3 Å². The number of methoxy groups -OCH3 is 3. The molecule has 0 aliphatic heterocycles. The molecule has 0 saturated heterocycles. The number of hydrogen-bond donors (Lipinski definition) is 1. The number of rotatable bonds is 7. The predicted molar refractivity (Wildman–Crippen MR) is 76.6 cm³/mol. The van der Waals surface area contributed by atoms with Crippen LogP contribution in [-0.2, 0) is 4.79 Å². The molecule has 5 nitrogen and oxygen atoms in total. The van der Waals surface area contributed by atoms with Gasteiger partial charge in [0, 0.05) is 5.56 Å². The van der Waals surface area contributed by atoms with Crippen LogP contribution in [0.2, 0.25) is 0 Å². The summed E-state index contributed by atoms with van der Waals surface area (Å²) in [4.78, 5) is 10.7. The highest BCUT2D eigenvalue weighted by molar-refractivity contribution is 5.78. The van der Waals surface area contributed by atoms with Crippen LogP contribution in [0, 0.1) is 0 Å². The van der Waals surface area contributed by atoms with Gasteiger partial charge in [-0.05, 0) is 24.1 Å². The summed E-state index contributed by atoms with van der Waals surface area (Å²) in [7, 11) is 4.64. The highest BCUT2D eigenvalue weighted by Gasteiger charge is 2.17. The number of carboxylic acid groups (broad SMARTS) is 1. The zero-order chi connectivity index (χ0) is 15.1. The van der Waals surface area contributed by atoms with Crippen molar-refractivity contribution < 1.29 is 24.1 Å². The molecule has 0 amide bonds. The maximum atomic E-state index is 10.7. The van der Waals surface area contributed by atoms with Crippen LogP contribution in [0.4, 0.5) is 0 Å². The van der Waals surface area contributed by atoms with Crippen molar-refractivity contribution in [3.8, 4) is 17.2 Å². The molecule has 1 rings (SSSR count). The highest BCUT2D eigenvalue weighted by Crippen LogP contribution is 2.42. The van der Waals surface area contributed by atoms with Crippen LogP contribution in [0.3, 0.4) is 0 Å². The maximum absolute atomic E-state index is 10.7. The first-order valence-corrected chi connectivity index (χ1v) is 6.29. The average Bonchev–Trinajstić information content (AvgIpc) is 2.46. The molecule has 20 heavy (non-hydrogen) atoms. The third-order valence-corrected chi connectivity index (χ3v) is 2.95. The molecule has 1 aromatic rings. The van der Waals surface area contributed by atoms with Crippen LogP contribution in [0.1, 0.15) is 25.3 Å². The summed E-state index contributed by atoms with van der Waals surface area (Å²) in [5, 5.41) is 8.79. The van der Waals surface area contributed by atoms with Gasteiger partial charge in [0.25, 0.3) is 0 Å². The molecule has 110 valence electrons. The van der Waals surface area contributed by atoms with Crippen molar-refractivity contribution in [1.29, 1.82) is 0 Å². The monoisotopic (exact) mass is 280 g/mol. The Morgan fingerprint density at radius 1 is 1.15 bits per heavy atom. The second-order valence-electron chi connectivity index (χ2n) is 4.06. The molecule has 0 aliphatic carbocycles. The third-order valence-electron chi connectivity index (χ3n) is 2.95. The number of aliphatic carboxylic acids is 1. The number of hydrogen-bond acceptors (Lipinski definition) is 4. The van der Waals surface area contributed by atoms with Crippen molar-refractivity contribution in [3.63, 3.8) is 0 Å². The molecular weight excluding hydrogens is 260 g/mol. The second kappa shape index (κ2) is 7.43.